The number of benzene rings is 4. The largest absolute Gasteiger partial charge is 0.224 e. The van der Waals surface area contributed by atoms with E-state index >= 15 is 0 Å². The third kappa shape index (κ3) is 8.36. The molecule has 0 saturated carbocycles. The van der Waals surface area contributed by atoms with Gasteiger partial charge in [-0.2, -0.15) is 0 Å². The molecule has 0 aliphatic carbocycles. The predicted molar refractivity (Wildman–Crippen MR) is 201 cm³/mol. The van der Waals surface area contributed by atoms with Gasteiger partial charge in [0.2, 0.25) is 0 Å². The van der Waals surface area contributed by atoms with Crippen molar-refractivity contribution in [2.75, 3.05) is 11.5 Å². The van der Waals surface area contributed by atoms with Gasteiger partial charge in [0.15, 0.2) is 19.7 Å². The third-order valence-electron chi connectivity index (χ3n) is 9.05. The zero-order chi connectivity index (χ0) is 33.3. The molecule has 0 saturated heterocycles. The zero-order valence-electron chi connectivity index (χ0n) is 27.8. The number of fused-ring (bicyclic) bond motifs is 2. The molecule has 0 bridgehead atoms. The van der Waals surface area contributed by atoms with Crippen LogP contribution in [0.3, 0.4) is 0 Å². The molecule has 7 heteroatoms. The van der Waals surface area contributed by atoms with E-state index in [9.17, 15) is 16.8 Å². The highest BCUT2D eigenvalue weighted by Gasteiger charge is 2.36. The van der Waals surface area contributed by atoms with Crippen LogP contribution in [-0.4, -0.2) is 28.3 Å². The molecule has 4 aromatic carbocycles. The molecular formula is C40H48O4S3. The first-order valence-corrected chi connectivity index (χ1v) is 21.5. The molecule has 0 aliphatic heterocycles. The Morgan fingerprint density at radius 1 is 0.447 bits per heavy atom. The van der Waals surface area contributed by atoms with Crippen molar-refractivity contribution in [3.8, 4) is 20.9 Å². The summed E-state index contributed by atoms with van der Waals surface area (Å²) in [7, 11) is -7.93. The minimum atomic E-state index is -3.97. The molecule has 47 heavy (non-hydrogen) atoms. The number of hydrogen-bond acceptors (Lipinski definition) is 5. The fourth-order valence-electron chi connectivity index (χ4n) is 6.52. The van der Waals surface area contributed by atoms with E-state index in [0.29, 0.717) is 22.6 Å². The number of hydrogen-bond donors (Lipinski definition) is 0. The van der Waals surface area contributed by atoms with E-state index in [1.807, 2.05) is 84.9 Å². The number of thiophene rings is 1. The van der Waals surface area contributed by atoms with Crippen LogP contribution in [0.4, 0.5) is 0 Å². The van der Waals surface area contributed by atoms with Crippen molar-refractivity contribution in [1.29, 1.82) is 0 Å². The summed E-state index contributed by atoms with van der Waals surface area (Å²) in [5.74, 6) is -0.135. The SMILES string of the molecule is CCCCCCCCS(=O)(=O)c1c(-c2cccc3ccccc23)sc(-c2cccc3ccccc23)c1S(=O)(=O)CCCCCCCC. The Kier molecular flexibility index (Phi) is 12.3. The molecule has 0 atom stereocenters. The monoisotopic (exact) mass is 688 g/mol. The van der Waals surface area contributed by atoms with Crippen LogP contribution < -0.4 is 0 Å². The average molecular weight is 689 g/mol. The van der Waals surface area contributed by atoms with Crippen LogP contribution in [0.25, 0.3) is 42.4 Å². The lowest BCUT2D eigenvalue weighted by atomic mass is 10.0. The van der Waals surface area contributed by atoms with Crippen LogP contribution >= 0.6 is 11.3 Å². The number of sulfone groups is 2. The van der Waals surface area contributed by atoms with Gasteiger partial charge in [0.1, 0.15) is 9.79 Å². The molecule has 5 aromatic rings. The molecule has 0 spiro atoms. The maximum atomic E-state index is 14.6. The fourth-order valence-corrected chi connectivity index (χ4v) is 12.7. The summed E-state index contributed by atoms with van der Waals surface area (Å²) >= 11 is 1.32. The number of unbranched alkanes of at least 4 members (excludes halogenated alkanes) is 10. The Morgan fingerprint density at radius 2 is 0.809 bits per heavy atom. The molecular weight excluding hydrogens is 641 g/mol. The Labute approximate surface area is 286 Å². The van der Waals surface area contributed by atoms with Crippen LogP contribution in [0, 0.1) is 0 Å². The van der Waals surface area contributed by atoms with Gasteiger partial charge in [0, 0.05) is 11.1 Å². The second-order valence-electron chi connectivity index (χ2n) is 12.6. The molecule has 5 rings (SSSR count). The van der Waals surface area contributed by atoms with Crippen LogP contribution in [0.15, 0.2) is 94.7 Å². The molecule has 0 unspecified atom stereocenters. The van der Waals surface area contributed by atoms with Gasteiger partial charge < -0.3 is 0 Å². The summed E-state index contributed by atoms with van der Waals surface area (Å²) in [6.07, 6.45) is 11.3. The van der Waals surface area contributed by atoms with Crippen LogP contribution in [0.1, 0.15) is 90.9 Å². The summed E-state index contributed by atoms with van der Waals surface area (Å²) in [6.45, 7) is 4.33. The zero-order valence-corrected chi connectivity index (χ0v) is 30.3. The van der Waals surface area contributed by atoms with Gasteiger partial charge in [-0.25, -0.2) is 16.8 Å². The molecule has 0 radical (unpaired) electrons. The van der Waals surface area contributed by atoms with Crippen molar-refractivity contribution in [2.24, 2.45) is 0 Å². The summed E-state index contributed by atoms with van der Waals surface area (Å²) in [5.41, 5.74) is 1.52. The standard InChI is InChI=1S/C40H48O4S3/c1-3-5-7-9-11-17-29-46(41,42)39-37(35-27-19-23-31-21-13-15-25-33(31)35)45-38(36-28-20-24-32-22-14-16-26-34(32)36)40(39)47(43,44)30-18-12-10-8-6-4-2/h13-16,19-28H,3-12,17-18,29-30H2,1-2H3. The Bertz CT molecular complexity index is 1850. The first-order chi connectivity index (χ1) is 22.8. The summed E-state index contributed by atoms with van der Waals surface area (Å²) < 4.78 is 58.5. The molecule has 4 nitrogen and oxygen atoms in total. The summed E-state index contributed by atoms with van der Waals surface area (Å²) in [5, 5.41) is 3.80. The normalized spacial score (nSPS) is 12.3. The lowest BCUT2D eigenvalue weighted by Gasteiger charge is -2.13. The van der Waals surface area contributed by atoms with E-state index < -0.39 is 19.7 Å². The number of rotatable bonds is 18. The second-order valence-corrected chi connectivity index (χ2v) is 17.8. The van der Waals surface area contributed by atoms with Crippen molar-refractivity contribution in [3.63, 3.8) is 0 Å². The van der Waals surface area contributed by atoms with Crippen molar-refractivity contribution >= 4 is 52.6 Å². The Hall–Kier alpha value is -3.00. The smallest absolute Gasteiger partial charge is 0.181 e. The predicted octanol–water partition coefficient (Wildman–Crippen LogP) is 11.7. The lowest BCUT2D eigenvalue weighted by molar-refractivity contribution is 0.573. The van der Waals surface area contributed by atoms with E-state index in [1.165, 1.54) is 11.3 Å². The van der Waals surface area contributed by atoms with E-state index in [-0.39, 0.29) is 21.3 Å². The van der Waals surface area contributed by atoms with Crippen LogP contribution in [0.5, 0.6) is 0 Å². The lowest BCUT2D eigenvalue weighted by Crippen LogP contribution is -2.15. The highest BCUT2D eigenvalue weighted by Crippen LogP contribution is 2.50. The second kappa shape index (κ2) is 16.4. The maximum absolute atomic E-state index is 14.6. The van der Waals surface area contributed by atoms with Gasteiger partial charge >= 0.3 is 0 Å². The summed E-state index contributed by atoms with van der Waals surface area (Å²) in [4.78, 5) is 1.05. The van der Waals surface area contributed by atoms with Crippen LogP contribution in [-0.2, 0) is 19.7 Å². The third-order valence-corrected chi connectivity index (χ3v) is 14.4. The first-order valence-electron chi connectivity index (χ1n) is 17.4. The molecule has 0 N–H and O–H groups in total. The molecule has 0 fully saturated rings. The van der Waals surface area contributed by atoms with E-state index in [4.69, 9.17) is 0 Å². The molecule has 0 amide bonds. The van der Waals surface area contributed by atoms with Crippen molar-refractivity contribution in [1.82, 2.24) is 0 Å². The maximum Gasteiger partial charge on any atom is 0.181 e. The average Bonchev–Trinajstić information content (AvgIpc) is 3.50. The van der Waals surface area contributed by atoms with Gasteiger partial charge in [-0.1, -0.05) is 163 Å². The van der Waals surface area contributed by atoms with Crippen molar-refractivity contribution < 1.29 is 16.8 Å². The topological polar surface area (TPSA) is 68.3 Å². The van der Waals surface area contributed by atoms with E-state index in [0.717, 1.165) is 96.9 Å². The van der Waals surface area contributed by atoms with E-state index in [2.05, 4.69) is 13.8 Å². The molecule has 1 aromatic heterocycles. The van der Waals surface area contributed by atoms with Crippen molar-refractivity contribution in [2.45, 2.75) is 101 Å². The van der Waals surface area contributed by atoms with Gasteiger partial charge in [0.25, 0.3) is 0 Å². The van der Waals surface area contributed by atoms with Gasteiger partial charge in [0.05, 0.1) is 21.3 Å². The molecule has 1 heterocycles. The van der Waals surface area contributed by atoms with Crippen LogP contribution in [0.2, 0.25) is 0 Å². The van der Waals surface area contributed by atoms with Crippen molar-refractivity contribution in [3.05, 3.63) is 84.9 Å². The summed E-state index contributed by atoms with van der Waals surface area (Å²) in [6, 6.07) is 27.6. The Morgan fingerprint density at radius 3 is 1.23 bits per heavy atom. The van der Waals surface area contributed by atoms with Gasteiger partial charge in [-0.05, 0) is 34.4 Å². The molecule has 0 aliphatic rings. The first kappa shape index (κ1) is 35.3. The van der Waals surface area contributed by atoms with E-state index in [1.54, 1.807) is 0 Å². The fraction of sp³-hybridized carbons (Fsp3) is 0.400. The minimum absolute atomic E-state index is 0.00123. The highest BCUT2D eigenvalue weighted by atomic mass is 32.2. The molecule has 250 valence electrons. The Balaban J connectivity index is 1.72. The highest BCUT2D eigenvalue weighted by molar-refractivity contribution is 7.95. The van der Waals surface area contributed by atoms with Gasteiger partial charge in [-0.15, -0.1) is 11.3 Å². The van der Waals surface area contributed by atoms with Gasteiger partial charge in [-0.3, -0.25) is 0 Å². The quantitative estimate of drug-likeness (QED) is 0.0859. The minimum Gasteiger partial charge on any atom is -0.224 e.